The molecule has 1 aliphatic rings. The first-order chi connectivity index (χ1) is 9.72. The van der Waals surface area contributed by atoms with Crippen LogP contribution in [0, 0.1) is 0 Å². The smallest absolute Gasteiger partial charge is 0.238 e. The van der Waals surface area contributed by atoms with Gasteiger partial charge >= 0.3 is 0 Å². The number of hydrogen-bond donors (Lipinski definition) is 3. The summed E-state index contributed by atoms with van der Waals surface area (Å²) in [7, 11) is 0. The third-order valence-electron chi connectivity index (χ3n) is 3.34. The van der Waals surface area contributed by atoms with E-state index >= 15 is 0 Å². The molecule has 1 fully saturated rings. The molecule has 1 amide bonds. The van der Waals surface area contributed by atoms with Crippen LogP contribution in [-0.2, 0) is 9.53 Å². The van der Waals surface area contributed by atoms with Crippen LogP contribution >= 0.6 is 12.2 Å². The fraction of sp³-hybridized carbons (Fsp3) is 0.857. The number of carbonyl (C=O) groups is 1. The van der Waals surface area contributed by atoms with E-state index < -0.39 is 0 Å². The highest BCUT2D eigenvalue weighted by Crippen LogP contribution is 2.10. The van der Waals surface area contributed by atoms with Gasteiger partial charge in [-0.05, 0) is 31.5 Å². The molecule has 3 N–H and O–H groups in total. The molecule has 20 heavy (non-hydrogen) atoms. The van der Waals surface area contributed by atoms with Gasteiger partial charge in [-0.3, -0.25) is 15.6 Å². The predicted octanol–water partition coefficient (Wildman–Crippen LogP) is 2.02. The SMILES string of the molecule is CCCCCCCC(=O)NNC(=S)NCC1CCCO1. The topological polar surface area (TPSA) is 62.4 Å². The molecule has 5 nitrogen and oxygen atoms in total. The van der Waals surface area contributed by atoms with Gasteiger partial charge in [0.15, 0.2) is 5.11 Å². The van der Waals surface area contributed by atoms with Gasteiger partial charge < -0.3 is 10.1 Å². The molecule has 1 unspecified atom stereocenters. The number of thiocarbonyl (C=S) groups is 1. The third kappa shape index (κ3) is 8.32. The highest BCUT2D eigenvalue weighted by atomic mass is 32.1. The Balaban J connectivity index is 1.95. The summed E-state index contributed by atoms with van der Waals surface area (Å²) in [5.41, 5.74) is 5.34. The summed E-state index contributed by atoms with van der Waals surface area (Å²) in [6.07, 6.45) is 8.69. The standard InChI is InChI=1S/C14H27N3O2S/c1-2-3-4-5-6-9-13(18)16-17-14(20)15-11-12-8-7-10-19-12/h12H,2-11H2,1H3,(H,16,18)(H2,15,17,20). The van der Waals surface area contributed by atoms with Crippen LogP contribution in [0.5, 0.6) is 0 Å². The quantitative estimate of drug-likeness (QED) is 0.364. The summed E-state index contributed by atoms with van der Waals surface area (Å²) in [6.45, 7) is 3.71. The van der Waals surface area contributed by atoms with Gasteiger partial charge in [0.1, 0.15) is 0 Å². The molecular weight excluding hydrogens is 274 g/mol. The van der Waals surface area contributed by atoms with E-state index in [-0.39, 0.29) is 12.0 Å². The molecular formula is C14H27N3O2S. The summed E-state index contributed by atoms with van der Waals surface area (Å²) in [5, 5.41) is 3.49. The zero-order valence-electron chi connectivity index (χ0n) is 12.4. The van der Waals surface area contributed by atoms with E-state index in [0.29, 0.717) is 18.1 Å². The zero-order chi connectivity index (χ0) is 14.6. The minimum absolute atomic E-state index is 0.0113. The van der Waals surface area contributed by atoms with E-state index in [1.165, 1.54) is 19.3 Å². The van der Waals surface area contributed by atoms with E-state index in [1.807, 2.05) is 0 Å². The van der Waals surface area contributed by atoms with Crippen molar-refractivity contribution in [1.29, 1.82) is 0 Å². The lowest BCUT2D eigenvalue weighted by molar-refractivity contribution is -0.121. The maximum atomic E-state index is 11.6. The fourth-order valence-electron chi connectivity index (χ4n) is 2.13. The second-order valence-electron chi connectivity index (χ2n) is 5.18. The molecule has 0 radical (unpaired) electrons. The number of unbranched alkanes of at least 4 members (excludes halogenated alkanes) is 4. The number of nitrogens with one attached hydrogen (secondary N) is 3. The van der Waals surface area contributed by atoms with Crippen molar-refractivity contribution in [2.45, 2.75) is 64.4 Å². The van der Waals surface area contributed by atoms with Gasteiger partial charge in [-0.25, -0.2) is 0 Å². The van der Waals surface area contributed by atoms with Crippen LogP contribution in [0.4, 0.5) is 0 Å². The van der Waals surface area contributed by atoms with Crippen molar-refractivity contribution in [1.82, 2.24) is 16.2 Å². The van der Waals surface area contributed by atoms with Crippen LogP contribution in [0.3, 0.4) is 0 Å². The van der Waals surface area contributed by atoms with E-state index in [9.17, 15) is 4.79 Å². The Kier molecular flexibility index (Phi) is 9.32. The van der Waals surface area contributed by atoms with Gasteiger partial charge in [-0.2, -0.15) is 0 Å². The highest BCUT2D eigenvalue weighted by Gasteiger charge is 2.15. The lowest BCUT2D eigenvalue weighted by Crippen LogP contribution is -2.48. The molecule has 0 aliphatic carbocycles. The van der Waals surface area contributed by atoms with Gasteiger partial charge in [0, 0.05) is 19.6 Å². The molecule has 0 aromatic rings. The molecule has 1 aliphatic heterocycles. The number of ether oxygens (including phenoxy) is 1. The molecule has 0 bridgehead atoms. The van der Waals surface area contributed by atoms with Crippen molar-refractivity contribution < 1.29 is 9.53 Å². The Bertz CT molecular complexity index is 294. The van der Waals surface area contributed by atoms with Crippen LogP contribution in [0.2, 0.25) is 0 Å². The normalized spacial score (nSPS) is 17.8. The Morgan fingerprint density at radius 1 is 1.25 bits per heavy atom. The Morgan fingerprint density at radius 3 is 2.75 bits per heavy atom. The second kappa shape index (κ2) is 10.9. The summed E-state index contributed by atoms with van der Waals surface area (Å²) < 4.78 is 5.48. The number of hydrogen-bond acceptors (Lipinski definition) is 3. The number of rotatable bonds is 8. The molecule has 1 rings (SSSR count). The Morgan fingerprint density at radius 2 is 2.05 bits per heavy atom. The fourth-order valence-corrected chi connectivity index (χ4v) is 2.27. The summed E-state index contributed by atoms with van der Waals surface area (Å²) in [4.78, 5) is 11.6. The van der Waals surface area contributed by atoms with Gasteiger partial charge in [-0.15, -0.1) is 0 Å². The van der Waals surface area contributed by atoms with Crippen molar-refractivity contribution in [2.24, 2.45) is 0 Å². The van der Waals surface area contributed by atoms with Crippen molar-refractivity contribution in [2.75, 3.05) is 13.2 Å². The first-order valence-electron chi connectivity index (χ1n) is 7.66. The molecule has 1 saturated heterocycles. The number of hydrazine groups is 1. The van der Waals surface area contributed by atoms with Crippen LogP contribution in [0.25, 0.3) is 0 Å². The van der Waals surface area contributed by atoms with Gasteiger partial charge in [-0.1, -0.05) is 32.6 Å². The lowest BCUT2D eigenvalue weighted by atomic mass is 10.1. The first kappa shape index (κ1) is 17.2. The summed E-state index contributed by atoms with van der Waals surface area (Å²) >= 11 is 5.08. The average Bonchev–Trinajstić information content (AvgIpc) is 2.96. The molecule has 0 aromatic carbocycles. The largest absolute Gasteiger partial charge is 0.376 e. The highest BCUT2D eigenvalue weighted by molar-refractivity contribution is 7.80. The van der Waals surface area contributed by atoms with Gasteiger partial charge in [0.25, 0.3) is 0 Å². The molecule has 116 valence electrons. The van der Waals surface area contributed by atoms with E-state index in [4.69, 9.17) is 17.0 Å². The van der Waals surface area contributed by atoms with Gasteiger partial charge in [0.2, 0.25) is 5.91 Å². The maximum absolute atomic E-state index is 11.6. The monoisotopic (exact) mass is 301 g/mol. The average molecular weight is 301 g/mol. The third-order valence-corrected chi connectivity index (χ3v) is 3.58. The second-order valence-corrected chi connectivity index (χ2v) is 5.59. The van der Waals surface area contributed by atoms with Crippen LogP contribution in [0.15, 0.2) is 0 Å². The van der Waals surface area contributed by atoms with Gasteiger partial charge in [0.05, 0.1) is 6.10 Å². The van der Waals surface area contributed by atoms with E-state index in [1.54, 1.807) is 0 Å². The van der Waals surface area contributed by atoms with E-state index in [2.05, 4.69) is 23.1 Å². The lowest BCUT2D eigenvalue weighted by Gasteiger charge is -2.14. The van der Waals surface area contributed by atoms with Crippen molar-refractivity contribution in [3.63, 3.8) is 0 Å². The molecule has 0 aromatic heterocycles. The molecule has 6 heteroatoms. The van der Waals surface area contributed by atoms with Crippen LogP contribution in [-0.4, -0.2) is 30.3 Å². The molecule has 1 atom stereocenters. The summed E-state index contributed by atoms with van der Waals surface area (Å²) in [6, 6.07) is 0. The minimum atomic E-state index is -0.0113. The Hall–Kier alpha value is -0.880. The van der Waals surface area contributed by atoms with Crippen LogP contribution < -0.4 is 16.2 Å². The Labute approximate surface area is 127 Å². The zero-order valence-corrected chi connectivity index (χ0v) is 13.2. The van der Waals surface area contributed by atoms with E-state index in [0.717, 1.165) is 32.3 Å². The predicted molar refractivity (Wildman–Crippen MR) is 84.2 cm³/mol. The van der Waals surface area contributed by atoms with Crippen molar-refractivity contribution in [3.05, 3.63) is 0 Å². The first-order valence-corrected chi connectivity index (χ1v) is 8.07. The van der Waals surface area contributed by atoms with Crippen LogP contribution in [0.1, 0.15) is 58.3 Å². The number of carbonyl (C=O) groups excluding carboxylic acids is 1. The molecule has 0 saturated carbocycles. The molecule has 1 heterocycles. The number of amides is 1. The summed E-state index contributed by atoms with van der Waals surface area (Å²) in [5.74, 6) is -0.0113. The van der Waals surface area contributed by atoms with Crippen molar-refractivity contribution in [3.8, 4) is 0 Å². The minimum Gasteiger partial charge on any atom is -0.376 e. The van der Waals surface area contributed by atoms with Crippen molar-refractivity contribution >= 4 is 23.2 Å². The maximum Gasteiger partial charge on any atom is 0.238 e. The molecule has 0 spiro atoms.